The first-order chi connectivity index (χ1) is 6.53. The van der Waals surface area contributed by atoms with Crippen LogP contribution in [0.5, 0.6) is 0 Å². The van der Waals surface area contributed by atoms with Crippen LogP contribution < -0.4 is 0 Å². The first kappa shape index (κ1) is 11.3. The molecule has 80 valence electrons. The van der Waals surface area contributed by atoms with Gasteiger partial charge in [0.15, 0.2) is 0 Å². The molecule has 0 radical (unpaired) electrons. The van der Waals surface area contributed by atoms with Crippen molar-refractivity contribution < 1.29 is 9.53 Å². The average molecular weight is 196 g/mol. The van der Waals surface area contributed by atoms with Gasteiger partial charge in [-0.15, -0.1) is 0 Å². The number of rotatable bonds is 2. The summed E-state index contributed by atoms with van der Waals surface area (Å²) in [5, 5.41) is 0. The van der Waals surface area contributed by atoms with E-state index in [0.29, 0.717) is 12.0 Å². The lowest BCUT2D eigenvalue weighted by atomic mass is 9.75. The zero-order valence-corrected chi connectivity index (χ0v) is 9.43. The van der Waals surface area contributed by atoms with Crippen LogP contribution in [0, 0.1) is 5.41 Å². The highest BCUT2D eigenvalue weighted by Gasteiger charge is 2.24. The number of ether oxygens (including phenoxy) is 1. The first-order valence-electron chi connectivity index (χ1n) is 5.40. The second kappa shape index (κ2) is 4.63. The number of allylic oxidation sites excluding steroid dienone is 1. The van der Waals surface area contributed by atoms with Crippen molar-refractivity contribution in [2.24, 2.45) is 5.41 Å². The predicted octanol–water partition coefficient (Wildman–Crippen LogP) is 3.08. The van der Waals surface area contributed by atoms with E-state index in [1.54, 1.807) is 6.08 Å². The molecule has 0 heterocycles. The minimum Gasteiger partial charge on any atom is -0.463 e. The molecule has 1 aliphatic carbocycles. The van der Waals surface area contributed by atoms with E-state index in [1.807, 2.05) is 6.92 Å². The van der Waals surface area contributed by atoms with Gasteiger partial charge < -0.3 is 4.74 Å². The van der Waals surface area contributed by atoms with Gasteiger partial charge in [0, 0.05) is 6.08 Å². The largest absolute Gasteiger partial charge is 0.463 e. The number of hydrogen-bond acceptors (Lipinski definition) is 2. The van der Waals surface area contributed by atoms with Crippen LogP contribution in [0.25, 0.3) is 0 Å². The molecule has 0 N–H and O–H groups in total. The molecule has 1 rings (SSSR count). The summed E-state index contributed by atoms with van der Waals surface area (Å²) in [6, 6.07) is 0. The molecule has 0 aromatic rings. The van der Waals surface area contributed by atoms with E-state index in [4.69, 9.17) is 4.74 Å². The van der Waals surface area contributed by atoms with Crippen LogP contribution in [0.4, 0.5) is 0 Å². The Morgan fingerprint density at radius 3 is 2.86 bits per heavy atom. The quantitative estimate of drug-likeness (QED) is 0.501. The van der Waals surface area contributed by atoms with Gasteiger partial charge in [-0.1, -0.05) is 19.4 Å². The molecule has 14 heavy (non-hydrogen) atoms. The Morgan fingerprint density at radius 1 is 1.57 bits per heavy atom. The van der Waals surface area contributed by atoms with Gasteiger partial charge in [-0.3, -0.25) is 0 Å². The van der Waals surface area contributed by atoms with Crippen LogP contribution in [-0.4, -0.2) is 12.6 Å². The topological polar surface area (TPSA) is 26.3 Å². The van der Waals surface area contributed by atoms with Crippen molar-refractivity contribution in [3.05, 3.63) is 11.6 Å². The molecule has 0 atom stereocenters. The Kier molecular flexibility index (Phi) is 3.73. The standard InChI is InChI=1S/C12H20O2/c1-4-14-11(13)8-10-6-5-7-12(2,3)9-10/h8H,4-7,9H2,1-3H3/b10-8+. The molecular formula is C12H20O2. The van der Waals surface area contributed by atoms with Gasteiger partial charge in [0.1, 0.15) is 0 Å². The second-order valence-corrected chi connectivity index (χ2v) is 4.75. The number of carbonyl (C=O) groups is 1. The van der Waals surface area contributed by atoms with Crippen LogP contribution in [-0.2, 0) is 9.53 Å². The van der Waals surface area contributed by atoms with Gasteiger partial charge in [0.05, 0.1) is 6.61 Å². The van der Waals surface area contributed by atoms with Crippen LogP contribution >= 0.6 is 0 Å². The molecule has 2 heteroatoms. The zero-order chi connectivity index (χ0) is 10.6. The van der Waals surface area contributed by atoms with Crippen molar-refractivity contribution in [3.63, 3.8) is 0 Å². The van der Waals surface area contributed by atoms with Crippen molar-refractivity contribution in [1.82, 2.24) is 0 Å². The number of carbonyl (C=O) groups excluding carboxylic acids is 1. The zero-order valence-electron chi connectivity index (χ0n) is 9.43. The molecule has 1 fully saturated rings. The van der Waals surface area contributed by atoms with E-state index in [1.165, 1.54) is 18.4 Å². The molecule has 0 saturated heterocycles. The molecule has 2 nitrogen and oxygen atoms in total. The van der Waals surface area contributed by atoms with Crippen LogP contribution in [0.15, 0.2) is 11.6 Å². The van der Waals surface area contributed by atoms with E-state index in [2.05, 4.69) is 13.8 Å². The third-order valence-electron chi connectivity index (χ3n) is 2.67. The summed E-state index contributed by atoms with van der Waals surface area (Å²) in [5.74, 6) is -0.180. The Bertz CT molecular complexity index is 239. The molecular weight excluding hydrogens is 176 g/mol. The molecule has 0 unspecified atom stereocenters. The molecule has 1 aliphatic rings. The minimum absolute atomic E-state index is 0.180. The first-order valence-corrected chi connectivity index (χ1v) is 5.40. The van der Waals surface area contributed by atoms with Gasteiger partial charge >= 0.3 is 5.97 Å². The minimum atomic E-state index is -0.180. The third kappa shape index (κ3) is 3.52. The summed E-state index contributed by atoms with van der Waals surface area (Å²) in [6.45, 7) is 6.81. The van der Waals surface area contributed by atoms with Gasteiger partial charge in [-0.25, -0.2) is 4.79 Å². The lowest BCUT2D eigenvalue weighted by Crippen LogP contribution is -2.18. The van der Waals surface area contributed by atoms with Crippen molar-refractivity contribution in [2.45, 2.75) is 46.5 Å². The smallest absolute Gasteiger partial charge is 0.330 e. The summed E-state index contributed by atoms with van der Waals surface area (Å²) in [5.41, 5.74) is 1.61. The lowest BCUT2D eigenvalue weighted by molar-refractivity contribution is -0.137. The van der Waals surface area contributed by atoms with E-state index in [0.717, 1.165) is 12.8 Å². The fourth-order valence-electron chi connectivity index (χ4n) is 2.06. The van der Waals surface area contributed by atoms with Gasteiger partial charge in [0.25, 0.3) is 0 Å². The fraction of sp³-hybridized carbons (Fsp3) is 0.750. The summed E-state index contributed by atoms with van der Waals surface area (Å²) in [6.07, 6.45) is 6.23. The maximum Gasteiger partial charge on any atom is 0.330 e. The molecule has 0 spiro atoms. The van der Waals surface area contributed by atoms with Crippen molar-refractivity contribution >= 4 is 5.97 Å². The molecule has 0 aromatic carbocycles. The second-order valence-electron chi connectivity index (χ2n) is 4.75. The van der Waals surface area contributed by atoms with E-state index in [9.17, 15) is 4.79 Å². The van der Waals surface area contributed by atoms with Crippen LogP contribution in [0.3, 0.4) is 0 Å². The predicted molar refractivity (Wildman–Crippen MR) is 57.0 cm³/mol. The molecule has 0 bridgehead atoms. The number of esters is 1. The maximum absolute atomic E-state index is 11.2. The van der Waals surface area contributed by atoms with Crippen molar-refractivity contribution in [1.29, 1.82) is 0 Å². The van der Waals surface area contributed by atoms with Gasteiger partial charge in [-0.2, -0.15) is 0 Å². The van der Waals surface area contributed by atoms with Crippen LogP contribution in [0.1, 0.15) is 46.5 Å². The highest BCUT2D eigenvalue weighted by Crippen LogP contribution is 2.37. The average Bonchev–Trinajstić information content (AvgIpc) is 2.02. The Morgan fingerprint density at radius 2 is 2.29 bits per heavy atom. The van der Waals surface area contributed by atoms with Crippen molar-refractivity contribution in [2.75, 3.05) is 6.61 Å². The molecule has 1 saturated carbocycles. The highest BCUT2D eigenvalue weighted by molar-refractivity contribution is 5.82. The summed E-state index contributed by atoms with van der Waals surface area (Å²) in [7, 11) is 0. The van der Waals surface area contributed by atoms with Gasteiger partial charge in [-0.05, 0) is 38.0 Å². The van der Waals surface area contributed by atoms with E-state index >= 15 is 0 Å². The van der Waals surface area contributed by atoms with E-state index < -0.39 is 0 Å². The molecule has 0 amide bonds. The monoisotopic (exact) mass is 196 g/mol. The number of hydrogen-bond donors (Lipinski definition) is 0. The highest BCUT2D eigenvalue weighted by atomic mass is 16.5. The maximum atomic E-state index is 11.2. The Labute approximate surface area is 86.3 Å². The lowest BCUT2D eigenvalue weighted by Gasteiger charge is -2.30. The Hall–Kier alpha value is -0.790. The fourth-order valence-corrected chi connectivity index (χ4v) is 2.06. The molecule has 0 aromatic heterocycles. The summed E-state index contributed by atoms with van der Waals surface area (Å²) < 4.78 is 4.90. The summed E-state index contributed by atoms with van der Waals surface area (Å²) >= 11 is 0. The van der Waals surface area contributed by atoms with Crippen LogP contribution in [0.2, 0.25) is 0 Å². The van der Waals surface area contributed by atoms with Gasteiger partial charge in [0.2, 0.25) is 0 Å². The summed E-state index contributed by atoms with van der Waals surface area (Å²) in [4.78, 5) is 11.2. The Balaban J connectivity index is 2.55. The third-order valence-corrected chi connectivity index (χ3v) is 2.67. The normalized spacial score (nSPS) is 23.5. The SMILES string of the molecule is CCOC(=O)/C=C1\CCCC(C)(C)C1. The van der Waals surface area contributed by atoms with Crippen molar-refractivity contribution in [3.8, 4) is 0 Å². The van der Waals surface area contributed by atoms with E-state index in [-0.39, 0.29) is 5.97 Å². The molecule has 0 aliphatic heterocycles.